The van der Waals surface area contributed by atoms with Crippen molar-refractivity contribution in [3.63, 3.8) is 0 Å². The van der Waals surface area contributed by atoms with E-state index in [4.69, 9.17) is 0 Å². The first-order valence-corrected chi connectivity index (χ1v) is 7.85. The van der Waals surface area contributed by atoms with Crippen LogP contribution in [0, 0.1) is 45.0 Å². The first-order valence-electron chi connectivity index (χ1n) is 7.85. The number of hydrogen-bond acceptors (Lipinski definition) is 4. The van der Waals surface area contributed by atoms with E-state index in [1.807, 2.05) is 0 Å². The Morgan fingerprint density at radius 3 is 2.83 bits per heavy atom. The molecule has 1 aliphatic heterocycles. The van der Waals surface area contributed by atoms with Gasteiger partial charge in [0.05, 0.1) is 11.9 Å². The molecule has 0 radical (unpaired) electrons. The number of nitrogens with one attached hydrogen (secondary N) is 3. The van der Waals surface area contributed by atoms with Crippen molar-refractivity contribution in [3.8, 4) is 0 Å². The zero-order valence-corrected chi connectivity index (χ0v) is 17.6. The van der Waals surface area contributed by atoms with Crippen molar-refractivity contribution >= 4 is 11.6 Å². The van der Waals surface area contributed by atoms with Gasteiger partial charge in [-0.2, -0.15) is 11.5 Å². The molecule has 2 aromatic heterocycles. The third-order valence-corrected chi connectivity index (χ3v) is 4.22. The van der Waals surface area contributed by atoms with Gasteiger partial charge in [0.1, 0.15) is 11.2 Å². The van der Waals surface area contributed by atoms with Gasteiger partial charge in [-0.3, -0.25) is 9.59 Å². The fourth-order valence-electron chi connectivity index (χ4n) is 2.92. The van der Waals surface area contributed by atoms with Gasteiger partial charge in [0.2, 0.25) is 0 Å². The number of piperidine rings is 1. The third kappa shape index (κ3) is 3.93. The van der Waals surface area contributed by atoms with Gasteiger partial charge < -0.3 is 29.5 Å². The van der Waals surface area contributed by atoms with Crippen molar-refractivity contribution in [1.29, 1.82) is 0 Å². The van der Waals surface area contributed by atoms with Gasteiger partial charge in [0.15, 0.2) is 0 Å². The van der Waals surface area contributed by atoms with Crippen LogP contribution in [0.2, 0.25) is 0 Å². The molecule has 0 saturated carbocycles. The van der Waals surface area contributed by atoms with Crippen LogP contribution < -0.4 is 16.2 Å². The molecular formula is C16H21N5O2U. The van der Waals surface area contributed by atoms with E-state index >= 15 is 0 Å². The molecule has 1 aliphatic rings. The Morgan fingerprint density at radius 1 is 1.46 bits per heavy atom. The quantitative estimate of drug-likeness (QED) is 0.486. The number of nitrogens with zero attached hydrogens (tertiary/aromatic N) is 2. The summed E-state index contributed by atoms with van der Waals surface area (Å²) < 4.78 is 1.68. The fourth-order valence-corrected chi connectivity index (χ4v) is 2.92. The largest absolute Gasteiger partial charge is 2.00 e. The summed E-state index contributed by atoms with van der Waals surface area (Å²) in [5, 5.41) is 10.4. The number of rotatable bonds is 4. The summed E-state index contributed by atoms with van der Waals surface area (Å²) in [6.45, 7) is 9.34. The molecule has 1 amide bonds. The smallest absolute Gasteiger partial charge is 0.381 e. The van der Waals surface area contributed by atoms with Crippen molar-refractivity contribution in [2.24, 2.45) is 0 Å². The van der Waals surface area contributed by atoms with Gasteiger partial charge in [-0.25, -0.2) is 4.52 Å². The second-order valence-corrected chi connectivity index (χ2v) is 5.86. The normalized spacial score (nSPS) is 16.6. The Hall–Kier alpha value is -1.10. The minimum atomic E-state index is -0.304. The Morgan fingerprint density at radius 2 is 2.17 bits per heavy atom. The van der Waals surface area contributed by atoms with E-state index in [2.05, 4.69) is 34.6 Å². The number of carbonyl (C=O) groups is 1. The van der Waals surface area contributed by atoms with Gasteiger partial charge in [-0.1, -0.05) is 0 Å². The van der Waals surface area contributed by atoms with Gasteiger partial charge in [-0.15, -0.1) is 6.04 Å². The maximum Gasteiger partial charge on any atom is 2.00 e. The Kier molecular flexibility index (Phi) is 6.67. The van der Waals surface area contributed by atoms with Crippen LogP contribution in [-0.4, -0.2) is 39.6 Å². The summed E-state index contributed by atoms with van der Waals surface area (Å²) in [5.74, 6) is -0.0425. The maximum atomic E-state index is 12.3. The second kappa shape index (κ2) is 8.33. The number of H-pyrrole nitrogens is 1. The standard InChI is InChI=1S/C16H21N5O2.U/c1-3-10(2)19-16(23)12-9-18-21-13(8-14(22)20-15(12)21)11-4-6-17-7-5-11;/h8-11,17H,1-7H2,(H,19,23)(H,20,22);/q-2;+2. The molecule has 3 heterocycles. The van der Waals surface area contributed by atoms with Crippen LogP contribution in [0.4, 0.5) is 0 Å². The number of amides is 1. The fraction of sp³-hybridized carbons (Fsp3) is 0.438. The second-order valence-electron chi connectivity index (χ2n) is 5.86. The molecule has 0 spiro atoms. The summed E-state index contributed by atoms with van der Waals surface area (Å²) in [6.07, 6.45) is 3.87. The molecule has 3 rings (SSSR count). The molecule has 3 N–H and O–H groups in total. The maximum absolute atomic E-state index is 12.3. The Bertz CT molecular complexity index is 763. The number of aromatic amines is 1. The van der Waals surface area contributed by atoms with Crippen LogP contribution in [0.15, 0.2) is 17.1 Å². The summed E-state index contributed by atoms with van der Waals surface area (Å²) >= 11 is 0. The van der Waals surface area contributed by atoms with Crippen LogP contribution in [0.25, 0.3) is 5.65 Å². The summed E-state index contributed by atoms with van der Waals surface area (Å²) in [6, 6.07) is 1.30. The summed E-state index contributed by atoms with van der Waals surface area (Å²) in [4.78, 5) is 27.1. The van der Waals surface area contributed by atoms with Gasteiger partial charge in [0.25, 0.3) is 11.5 Å². The average Bonchev–Trinajstić information content (AvgIpc) is 2.98. The topological polar surface area (TPSA) is 91.3 Å². The summed E-state index contributed by atoms with van der Waals surface area (Å²) in [5.41, 5.74) is 1.41. The van der Waals surface area contributed by atoms with E-state index in [-0.39, 0.29) is 54.5 Å². The molecule has 1 saturated heterocycles. The van der Waals surface area contributed by atoms with Gasteiger partial charge in [-0.05, 0) is 25.9 Å². The first kappa shape index (κ1) is 19.2. The van der Waals surface area contributed by atoms with Crippen molar-refractivity contribution in [2.45, 2.75) is 31.2 Å². The molecule has 1 atom stereocenters. The molecule has 1 unspecified atom stereocenters. The minimum absolute atomic E-state index is 0. The summed E-state index contributed by atoms with van der Waals surface area (Å²) in [7, 11) is 0. The molecule has 0 bridgehead atoms. The zero-order valence-electron chi connectivity index (χ0n) is 13.5. The molecule has 24 heavy (non-hydrogen) atoms. The van der Waals surface area contributed by atoms with Crippen molar-refractivity contribution in [2.75, 3.05) is 13.1 Å². The van der Waals surface area contributed by atoms with E-state index < -0.39 is 0 Å². The Labute approximate surface area is 164 Å². The number of carbonyl (C=O) groups excluding carboxylic acids is 1. The van der Waals surface area contributed by atoms with Crippen LogP contribution in [-0.2, 0) is 0 Å². The molecule has 126 valence electrons. The van der Waals surface area contributed by atoms with Crippen LogP contribution >= 0.6 is 0 Å². The van der Waals surface area contributed by atoms with Crippen molar-refractivity contribution in [1.82, 2.24) is 25.2 Å². The molecular weight excluding hydrogens is 532 g/mol. The van der Waals surface area contributed by atoms with Crippen LogP contribution in [0.1, 0.15) is 41.2 Å². The molecule has 1 fully saturated rings. The molecule has 8 heteroatoms. The predicted molar refractivity (Wildman–Crippen MR) is 87.2 cm³/mol. The van der Waals surface area contributed by atoms with E-state index in [9.17, 15) is 9.59 Å². The number of aromatic nitrogens is 3. The predicted octanol–water partition coefficient (Wildman–Crippen LogP) is 0.646. The van der Waals surface area contributed by atoms with Crippen LogP contribution in [0.5, 0.6) is 0 Å². The SMILES string of the molecule is [CH2-]CC([CH2-])NC(=O)c1cnn2c(C3CCNCC3)cc(=O)[nH]c12.[U+2]. The molecule has 2 aromatic rings. The van der Waals surface area contributed by atoms with Crippen molar-refractivity contribution < 1.29 is 35.9 Å². The molecule has 7 nitrogen and oxygen atoms in total. The zero-order chi connectivity index (χ0) is 16.4. The third-order valence-electron chi connectivity index (χ3n) is 4.22. The average molecular weight is 553 g/mol. The van der Waals surface area contributed by atoms with Gasteiger partial charge >= 0.3 is 31.1 Å². The molecule has 0 aliphatic carbocycles. The first-order chi connectivity index (χ1) is 11.1. The monoisotopic (exact) mass is 553 g/mol. The van der Waals surface area contributed by atoms with Crippen LogP contribution in [0.3, 0.4) is 0 Å². The minimum Gasteiger partial charge on any atom is -0.381 e. The molecule has 0 aromatic carbocycles. The van der Waals surface area contributed by atoms with E-state index in [1.54, 1.807) is 10.6 Å². The van der Waals surface area contributed by atoms with E-state index in [0.717, 1.165) is 31.6 Å². The Balaban J connectivity index is 0.00000208. The van der Waals surface area contributed by atoms with Gasteiger partial charge in [0, 0.05) is 12.0 Å². The van der Waals surface area contributed by atoms with E-state index in [0.29, 0.717) is 17.6 Å². The van der Waals surface area contributed by atoms with Crippen molar-refractivity contribution in [3.05, 3.63) is 47.7 Å². The number of hydrogen-bond donors (Lipinski definition) is 3. The number of fused-ring (bicyclic) bond motifs is 1. The van der Waals surface area contributed by atoms with E-state index in [1.165, 1.54) is 6.20 Å².